The lowest BCUT2D eigenvalue weighted by atomic mass is 10.3. The van der Waals surface area contributed by atoms with Crippen LogP contribution in [0.25, 0.3) is 0 Å². The Morgan fingerprint density at radius 1 is 1.50 bits per heavy atom. The van der Waals surface area contributed by atoms with Gasteiger partial charge in [-0.1, -0.05) is 0 Å². The maximum Gasteiger partial charge on any atom is 0.213 e. The van der Waals surface area contributed by atoms with Crippen LogP contribution < -0.4 is 10.0 Å². The molecule has 1 aliphatic rings. The molecule has 1 aliphatic heterocycles. The van der Waals surface area contributed by atoms with E-state index in [-0.39, 0.29) is 11.8 Å². The summed E-state index contributed by atoms with van der Waals surface area (Å²) in [5, 5.41) is 3.18. The van der Waals surface area contributed by atoms with Crippen LogP contribution in [0.3, 0.4) is 0 Å². The highest BCUT2D eigenvalue weighted by Gasteiger charge is 2.21. The fourth-order valence-electron chi connectivity index (χ4n) is 1.77. The lowest BCUT2D eigenvalue weighted by Gasteiger charge is -2.11. The van der Waals surface area contributed by atoms with Crippen molar-refractivity contribution in [2.45, 2.75) is 32.2 Å². The molecule has 1 saturated heterocycles. The molecule has 0 aliphatic carbocycles. The van der Waals surface area contributed by atoms with Crippen molar-refractivity contribution in [2.24, 2.45) is 0 Å². The van der Waals surface area contributed by atoms with Gasteiger partial charge in [-0.2, -0.15) is 0 Å². The molecule has 0 bridgehead atoms. The Labute approximate surface area is 98.0 Å². The number of rotatable bonds is 8. The van der Waals surface area contributed by atoms with Gasteiger partial charge in [-0.25, -0.2) is 13.1 Å². The van der Waals surface area contributed by atoms with Crippen molar-refractivity contribution in [3.8, 4) is 0 Å². The standard InChI is InChI=1S/C10H22N2O3S/c1-2-15-8-4-7-12-16(13,14)9-10-5-3-6-11-10/h10-12H,2-9H2,1H3. The highest BCUT2D eigenvalue weighted by Crippen LogP contribution is 2.06. The monoisotopic (exact) mass is 250 g/mol. The topological polar surface area (TPSA) is 67.4 Å². The van der Waals surface area contributed by atoms with E-state index in [2.05, 4.69) is 10.0 Å². The molecule has 1 fully saturated rings. The Morgan fingerprint density at radius 2 is 2.31 bits per heavy atom. The van der Waals surface area contributed by atoms with Crippen molar-refractivity contribution in [1.82, 2.24) is 10.0 Å². The zero-order valence-corrected chi connectivity index (χ0v) is 10.7. The summed E-state index contributed by atoms with van der Waals surface area (Å²) in [5.41, 5.74) is 0. The summed E-state index contributed by atoms with van der Waals surface area (Å²) < 4.78 is 31.0. The van der Waals surface area contributed by atoms with Crippen molar-refractivity contribution in [3.05, 3.63) is 0 Å². The van der Waals surface area contributed by atoms with Gasteiger partial charge in [-0.05, 0) is 32.7 Å². The highest BCUT2D eigenvalue weighted by atomic mass is 32.2. The number of hydrogen-bond acceptors (Lipinski definition) is 4. The minimum absolute atomic E-state index is 0.129. The van der Waals surface area contributed by atoms with E-state index in [9.17, 15) is 8.42 Å². The minimum atomic E-state index is -3.12. The van der Waals surface area contributed by atoms with Gasteiger partial charge in [0.1, 0.15) is 0 Å². The van der Waals surface area contributed by atoms with Gasteiger partial charge in [0.05, 0.1) is 5.75 Å². The van der Waals surface area contributed by atoms with Gasteiger partial charge in [0.15, 0.2) is 0 Å². The van der Waals surface area contributed by atoms with Crippen molar-refractivity contribution >= 4 is 10.0 Å². The van der Waals surface area contributed by atoms with Crippen LogP contribution in [0.2, 0.25) is 0 Å². The molecule has 0 amide bonds. The molecular weight excluding hydrogens is 228 g/mol. The maximum absolute atomic E-state index is 11.6. The molecule has 16 heavy (non-hydrogen) atoms. The third-order valence-electron chi connectivity index (χ3n) is 2.57. The first-order chi connectivity index (χ1) is 7.64. The summed E-state index contributed by atoms with van der Waals surface area (Å²) in [6.45, 7) is 4.62. The second kappa shape index (κ2) is 7.21. The molecule has 0 saturated carbocycles. The van der Waals surface area contributed by atoms with Crippen LogP contribution in [0.15, 0.2) is 0 Å². The average molecular weight is 250 g/mol. The van der Waals surface area contributed by atoms with Gasteiger partial charge >= 0.3 is 0 Å². The first kappa shape index (κ1) is 13.9. The third-order valence-corrected chi connectivity index (χ3v) is 4.06. The molecule has 2 N–H and O–H groups in total. The predicted octanol–water partition coefficient (Wildman–Crippen LogP) is 0.0844. The molecule has 0 radical (unpaired) electrons. The van der Waals surface area contributed by atoms with Crippen LogP contribution in [0, 0.1) is 0 Å². The van der Waals surface area contributed by atoms with Crippen molar-refractivity contribution in [2.75, 3.05) is 32.1 Å². The average Bonchev–Trinajstić information content (AvgIpc) is 2.69. The fraction of sp³-hybridized carbons (Fsp3) is 1.00. The lowest BCUT2D eigenvalue weighted by molar-refractivity contribution is 0.146. The van der Waals surface area contributed by atoms with Gasteiger partial charge in [0.25, 0.3) is 0 Å². The van der Waals surface area contributed by atoms with E-state index >= 15 is 0 Å². The van der Waals surface area contributed by atoms with E-state index in [0.717, 1.165) is 25.8 Å². The normalized spacial score (nSPS) is 21.4. The van der Waals surface area contributed by atoms with E-state index in [1.165, 1.54) is 0 Å². The van der Waals surface area contributed by atoms with Crippen LogP contribution in [0.5, 0.6) is 0 Å². The van der Waals surface area contributed by atoms with E-state index in [1.54, 1.807) is 0 Å². The molecule has 1 unspecified atom stereocenters. The van der Waals surface area contributed by atoms with E-state index in [0.29, 0.717) is 19.8 Å². The van der Waals surface area contributed by atoms with E-state index in [4.69, 9.17) is 4.74 Å². The third kappa shape index (κ3) is 5.79. The van der Waals surface area contributed by atoms with E-state index in [1.807, 2.05) is 6.92 Å². The molecule has 5 nitrogen and oxygen atoms in total. The number of sulfonamides is 1. The molecular formula is C10H22N2O3S. The fourth-order valence-corrected chi connectivity index (χ4v) is 3.16. The Hall–Kier alpha value is -0.170. The number of ether oxygens (including phenoxy) is 1. The molecule has 0 spiro atoms. The molecule has 0 aromatic rings. The second-order valence-corrected chi connectivity index (χ2v) is 5.87. The predicted molar refractivity (Wildman–Crippen MR) is 63.9 cm³/mol. The van der Waals surface area contributed by atoms with Crippen LogP contribution >= 0.6 is 0 Å². The maximum atomic E-state index is 11.6. The lowest BCUT2D eigenvalue weighted by Crippen LogP contribution is -2.37. The Bertz CT molecular complexity index is 274. The second-order valence-electron chi connectivity index (χ2n) is 4.02. The summed E-state index contributed by atoms with van der Waals surface area (Å²) in [4.78, 5) is 0. The minimum Gasteiger partial charge on any atom is -0.382 e. The van der Waals surface area contributed by atoms with Gasteiger partial charge < -0.3 is 10.1 Å². The summed E-state index contributed by atoms with van der Waals surface area (Å²) in [5.74, 6) is 0.196. The Balaban J connectivity index is 2.13. The van der Waals surface area contributed by atoms with Gasteiger partial charge in [-0.15, -0.1) is 0 Å². The molecule has 6 heteroatoms. The van der Waals surface area contributed by atoms with Crippen LogP contribution in [-0.2, 0) is 14.8 Å². The first-order valence-electron chi connectivity index (χ1n) is 5.92. The number of hydrogen-bond donors (Lipinski definition) is 2. The Morgan fingerprint density at radius 3 is 2.94 bits per heavy atom. The quantitative estimate of drug-likeness (QED) is 0.599. The largest absolute Gasteiger partial charge is 0.382 e. The molecule has 0 aromatic carbocycles. The first-order valence-corrected chi connectivity index (χ1v) is 7.58. The molecule has 1 rings (SSSR count). The summed E-state index contributed by atoms with van der Waals surface area (Å²) in [6.07, 6.45) is 2.76. The molecule has 96 valence electrons. The van der Waals surface area contributed by atoms with Crippen LogP contribution in [0.1, 0.15) is 26.2 Å². The van der Waals surface area contributed by atoms with Crippen LogP contribution in [-0.4, -0.2) is 46.5 Å². The SMILES string of the molecule is CCOCCCNS(=O)(=O)CC1CCCN1. The summed E-state index contributed by atoms with van der Waals surface area (Å²) in [6, 6.07) is 0.129. The Kier molecular flexibility index (Phi) is 6.26. The zero-order valence-electron chi connectivity index (χ0n) is 9.87. The zero-order chi connectivity index (χ0) is 11.9. The summed E-state index contributed by atoms with van der Waals surface area (Å²) >= 11 is 0. The summed E-state index contributed by atoms with van der Waals surface area (Å²) in [7, 11) is -3.12. The van der Waals surface area contributed by atoms with Crippen molar-refractivity contribution in [3.63, 3.8) is 0 Å². The van der Waals surface area contributed by atoms with Gasteiger partial charge in [0.2, 0.25) is 10.0 Å². The smallest absolute Gasteiger partial charge is 0.213 e. The van der Waals surface area contributed by atoms with Crippen molar-refractivity contribution < 1.29 is 13.2 Å². The molecule has 1 heterocycles. The van der Waals surface area contributed by atoms with Gasteiger partial charge in [-0.3, -0.25) is 0 Å². The molecule has 0 aromatic heterocycles. The highest BCUT2D eigenvalue weighted by molar-refractivity contribution is 7.89. The van der Waals surface area contributed by atoms with Gasteiger partial charge in [0, 0.05) is 25.8 Å². The van der Waals surface area contributed by atoms with Crippen LogP contribution in [0.4, 0.5) is 0 Å². The van der Waals surface area contributed by atoms with Crippen molar-refractivity contribution in [1.29, 1.82) is 0 Å². The molecule has 1 atom stereocenters. The van der Waals surface area contributed by atoms with E-state index < -0.39 is 10.0 Å². The number of nitrogens with one attached hydrogen (secondary N) is 2.